The van der Waals surface area contributed by atoms with Crippen LogP contribution in [0.15, 0.2) is 42.9 Å². The largest absolute Gasteiger partial charge is 0.349 e. The zero-order chi connectivity index (χ0) is 34.7. The van der Waals surface area contributed by atoms with Gasteiger partial charge in [0.25, 0.3) is 0 Å². The summed E-state index contributed by atoms with van der Waals surface area (Å²) in [6, 6.07) is 7.87. The Morgan fingerprint density at radius 1 is 1.00 bits per heavy atom. The lowest BCUT2D eigenvalue weighted by Crippen LogP contribution is -2.56. The van der Waals surface area contributed by atoms with Crippen molar-refractivity contribution in [3.05, 3.63) is 54.1 Å². The lowest BCUT2D eigenvalue weighted by molar-refractivity contribution is -0.151. The number of amides is 2. The fraction of sp³-hybridized carbons (Fsp3) is 0.667. The highest BCUT2D eigenvalue weighted by molar-refractivity contribution is 7.92. The van der Waals surface area contributed by atoms with E-state index in [4.69, 9.17) is 9.47 Å². The van der Waals surface area contributed by atoms with Gasteiger partial charge in [0.05, 0.1) is 34.9 Å². The monoisotopic (exact) mass is 684 g/mol. The predicted molar refractivity (Wildman–Crippen MR) is 181 cm³/mol. The summed E-state index contributed by atoms with van der Waals surface area (Å²) in [5.41, 5.74) is 1.48. The number of aromatic amines is 1. The molecule has 2 aliphatic carbocycles. The molecule has 2 aromatic rings. The van der Waals surface area contributed by atoms with E-state index in [0.717, 1.165) is 31.2 Å². The Labute approximate surface area is 284 Å². The molecule has 2 amide bonds. The minimum Gasteiger partial charge on any atom is -0.349 e. The highest BCUT2D eigenvalue weighted by Crippen LogP contribution is 2.45. The molecule has 12 heteroatoms. The van der Waals surface area contributed by atoms with Crippen molar-refractivity contribution in [2.24, 2.45) is 17.8 Å². The van der Waals surface area contributed by atoms with Crippen molar-refractivity contribution in [1.29, 1.82) is 0 Å². The first-order valence-corrected chi connectivity index (χ1v) is 19.0. The van der Waals surface area contributed by atoms with E-state index in [9.17, 15) is 22.8 Å². The molecule has 3 N–H and O–H groups in total. The predicted octanol–water partition coefficient (Wildman–Crippen LogP) is 4.07. The fourth-order valence-corrected chi connectivity index (χ4v) is 8.13. The first kappa shape index (κ1) is 36.2. The molecule has 11 nitrogen and oxygen atoms in total. The third-order valence-corrected chi connectivity index (χ3v) is 12.6. The number of ketones is 1. The number of hydrogen-bond donors (Lipinski definition) is 3. The minimum absolute atomic E-state index is 0.131. The van der Waals surface area contributed by atoms with Gasteiger partial charge in [-0.1, -0.05) is 30.3 Å². The lowest BCUT2D eigenvalue weighted by Gasteiger charge is -2.33. The molecule has 3 aliphatic rings. The van der Waals surface area contributed by atoms with Crippen molar-refractivity contribution in [2.45, 2.75) is 127 Å². The number of rotatable bonds is 14. The Hall–Kier alpha value is -3.09. The summed E-state index contributed by atoms with van der Waals surface area (Å²) in [5, 5.41) is 6.19. The number of nitrogens with one attached hydrogen (secondary N) is 3. The zero-order valence-corrected chi connectivity index (χ0v) is 29.7. The topological polar surface area (TPSA) is 157 Å². The molecule has 3 fully saturated rings. The maximum absolute atomic E-state index is 14.3. The second-order valence-corrected chi connectivity index (χ2v) is 18.1. The summed E-state index contributed by atoms with van der Waals surface area (Å²) in [7, 11) is -3.67. The second-order valence-electron chi connectivity index (χ2n) is 15.4. The van der Waals surface area contributed by atoms with Gasteiger partial charge in [-0.2, -0.15) is 0 Å². The van der Waals surface area contributed by atoms with Crippen molar-refractivity contribution in [3.8, 4) is 0 Å². The first-order valence-electron chi connectivity index (χ1n) is 17.3. The number of carbonyl (C=O) groups excluding carboxylic acids is 3. The van der Waals surface area contributed by atoms with Crippen molar-refractivity contribution < 1.29 is 32.3 Å². The van der Waals surface area contributed by atoms with Crippen LogP contribution in [0.4, 0.5) is 0 Å². The van der Waals surface area contributed by atoms with E-state index < -0.39 is 50.2 Å². The van der Waals surface area contributed by atoms with E-state index in [-0.39, 0.29) is 42.5 Å². The number of nitrogens with zero attached hydrogens (tertiary/aromatic N) is 1. The molecule has 1 aliphatic heterocycles. The van der Waals surface area contributed by atoms with Crippen LogP contribution in [0.25, 0.3) is 0 Å². The van der Waals surface area contributed by atoms with Crippen LogP contribution in [0.5, 0.6) is 0 Å². The average Bonchev–Trinajstić information content (AvgIpc) is 3.63. The highest BCUT2D eigenvalue weighted by Gasteiger charge is 2.52. The maximum atomic E-state index is 14.3. The number of Topliss-reactive ketones (excluding diaryl/α,β-unsaturated/α-hetero) is 1. The van der Waals surface area contributed by atoms with Crippen LogP contribution in [-0.2, 0) is 46.5 Å². The summed E-state index contributed by atoms with van der Waals surface area (Å²) >= 11 is 0. The molecular formula is C36H52N4O7S. The SMILES string of the molecule is CC1(C)O[C@H]([C@H](CC2CCC(=O)CC2)NC(=O)[C@H](Cc2cnc[nH]2)NC(=O)[C@H](Cc2ccccc2)CS(=O)(=O)C(C)(C)C)[C@H](C2CC2)O1. The van der Waals surface area contributed by atoms with E-state index in [1.807, 2.05) is 44.2 Å². The number of hydrogen-bond acceptors (Lipinski definition) is 8. The standard InChI is InChI=1S/C36H52N4O7S/c1-35(2,3)48(44,45)21-26(17-23-9-7-6-8-10-23)33(42)40-30(19-27-20-37-22-38-27)34(43)39-29(18-24-11-15-28(41)16-12-24)32-31(25-13-14-25)46-36(4,5)47-32/h6-10,20,22,24-26,29-32H,11-19,21H2,1-5H3,(H,37,38)(H,39,43)(H,40,42)/t26-,29+,30+,31+,32-/m1/s1. The molecule has 0 radical (unpaired) electrons. The Morgan fingerprint density at radius 3 is 2.29 bits per heavy atom. The molecule has 1 saturated heterocycles. The van der Waals surface area contributed by atoms with Crippen molar-refractivity contribution in [2.75, 3.05) is 5.75 Å². The van der Waals surface area contributed by atoms with E-state index in [0.29, 0.717) is 30.9 Å². The quantitative estimate of drug-likeness (QED) is 0.269. The number of H-pyrrole nitrogens is 1. The molecule has 2 heterocycles. The molecule has 5 atom stereocenters. The van der Waals surface area contributed by atoms with Crippen LogP contribution in [0.3, 0.4) is 0 Å². The molecule has 48 heavy (non-hydrogen) atoms. The first-order chi connectivity index (χ1) is 22.6. The molecular weight excluding hydrogens is 632 g/mol. The summed E-state index contributed by atoms with van der Waals surface area (Å²) in [6.07, 6.45) is 8.17. The fourth-order valence-electron chi connectivity index (χ4n) is 6.83. The average molecular weight is 685 g/mol. The van der Waals surface area contributed by atoms with Crippen LogP contribution in [0.1, 0.15) is 90.8 Å². The van der Waals surface area contributed by atoms with Gasteiger partial charge in [-0.25, -0.2) is 13.4 Å². The van der Waals surface area contributed by atoms with Gasteiger partial charge >= 0.3 is 0 Å². The van der Waals surface area contributed by atoms with Crippen LogP contribution >= 0.6 is 0 Å². The molecule has 5 rings (SSSR count). The van der Waals surface area contributed by atoms with Gasteiger partial charge in [-0.05, 0) is 90.5 Å². The number of benzene rings is 1. The van der Waals surface area contributed by atoms with E-state index in [1.165, 1.54) is 6.33 Å². The summed E-state index contributed by atoms with van der Waals surface area (Å²) in [4.78, 5) is 47.5. The molecule has 1 aromatic carbocycles. The van der Waals surface area contributed by atoms with Gasteiger partial charge in [0.1, 0.15) is 17.9 Å². The van der Waals surface area contributed by atoms with Gasteiger partial charge < -0.3 is 25.1 Å². The number of carbonyl (C=O) groups is 3. The van der Waals surface area contributed by atoms with E-state index in [1.54, 1.807) is 27.0 Å². The smallest absolute Gasteiger partial charge is 0.243 e. The van der Waals surface area contributed by atoms with Crippen LogP contribution in [-0.4, -0.2) is 76.6 Å². The number of ether oxygens (including phenoxy) is 2. The Bertz CT molecular complexity index is 1510. The van der Waals surface area contributed by atoms with E-state index in [2.05, 4.69) is 20.6 Å². The van der Waals surface area contributed by atoms with Gasteiger partial charge in [0.15, 0.2) is 15.6 Å². The normalized spacial score (nSPS) is 23.7. The van der Waals surface area contributed by atoms with Gasteiger partial charge in [-0.3, -0.25) is 14.4 Å². The third-order valence-electron chi connectivity index (χ3n) is 9.89. The zero-order valence-electron chi connectivity index (χ0n) is 28.9. The maximum Gasteiger partial charge on any atom is 0.243 e. The molecule has 0 unspecified atom stereocenters. The number of imidazole rings is 1. The van der Waals surface area contributed by atoms with Gasteiger partial charge in [0, 0.05) is 31.2 Å². The third kappa shape index (κ3) is 9.53. The Morgan fingerprint density at radius 2 is 1.69 bits per heavy atom. The summed E-state index contributed by atoms with van der Waals surface area (Å²) in [5.74, 6) is -2.13. The van der Waals surface area contributed by atoms with Crippen LogP contribution < -0.4 is 10.6 Å². The van der Waals surface area contributed by atoms with Crippen molar-refractivity contribution in [1.82, 2.24) is 20.6 Å². The molecule has 0 bridgehead atoms. The van der Waals surface area contributed by atoms with Gasteiger partial charge in [-0.15, -0.1) is 0 Å². The lowest BCUT2D eigenvalue weighted by atomic mass is 9.82. The highest BCUT2D eigenvalue weighted by atomic mass is 32.2. The van der Waals surface area contributed by atoms with Gasteiger partial charge in [0.2, 0.25) is 11.8 Å². The molecule has 264 valence electrons. The molecule has 1 aromatic heterocycles. The Balaban J connectivity index is 1.40. The summed E-state index contributed by atoms with van der Waals surface area (Å²) in [6.45, 7) is 8.66. The Kier molecular flexibility index (Phi) is 11.2. The molecule has 0 spiro atoms. The number of sulfone groups is 1. The summed E-state index contributed by atoms with van der Waals surface area (Å²) < 4.78 is 38.5. The van der Waals surface area contributed by atoms with E-state index >= 15 is 0 Å². The van der Waals surface area contributed by atoms with Crippen molar-refractivity contribution in [3.63, 3.8) is 0 Å². The molecule has 2 saturated carbocycles. The van der Waals surface area contributed by atoms with Crippen molar-refractivity contribution >= 4 is 27.4 Å². The van der Waals surface area contributed by atoms with Crippen LogP contribution in [0.2, 0.25) is 0 Å². The second kappa shape index (κ2) is 14.8. The minimum atomic E-state index is -3.67. The number of aromatic nitrogens is 2. The van der Waals surface area contributed by atoms with Crippen LogP contribution in [0, 0.1) is 17.8 Å².